The van der Waals surface area contributed by atoms with Crippen molar-refractivity contribution in [1.29, 1.82) is 0 Å². The predicted molar refractivity (Wildman–Crippen MR) is 44.4 cm³/mol. The summed E-state index contributed by atoms with van der Waals surface area (Å²) in [6, 6.07) is 0. The van der Waals surface area contributed by atoms with Gasteiger partial charge in [0.05, 0.1) is 6.20 Å². The third-order valence-corrected chi connectivity index (χ3v) is 1.70. The lowest BCUT2D eigenvalue weighted by molar-refractivity contribution is 0.586. The standard InChI is InChI=1S/C6H4ClFN6/c1-3-11-12-13-14(3)5-4(8)2-9-6(7)10-5/h2H,1H3. The highest BCUT2D eigenvalue weighted by atomic mass is 35.5. The molecule has 0 N–H and O–H groups in total. The van der Waals surface area contributed by atoms with Crippen molar-refractivity contribution in [3.05, 3.63) is 23.1 Å². The number of halogens is 2. The van der Waals surface area contributed by atoms with Gasteiger partial charge in [0.1, 0.15) is 0 Å². The van der Waals surface area contributed by atoms with Crippen LogP contribution in [-0.2, 0) is 0 Å². The van der Waals surface area contributed by atoms with Crippen LogP contribution in [0.5, 0.6) is 0 Å². The van der Waals surface area contributed by atoms with Crippen molar-refractivity contribution < 1.29 is 4.39 Å². The summed E-state index contributed by atoms with van der Waals surface area (Å²) in [6.45, 7) is 1.62. The summed E-state index contributed by atoms with van der Waals surface area (Å²) < 4.78 is 14.4. The topological polar surface area (TPSA) is 69.4 Å². The third kappa shape index (κ3) is 1.41. The Bertz CT molecular complexity index is 469. The molecule has 0 aliphatic rings. The molecule has 2 aromatic rings. The molecule has 8 heteroatoms. The maximum Gasteiger partial charge on any atom is 0.224 e. The SMILES string of the molecule is Cc1nnnn1-c1nc(Cl)ncc1F. The molecule has 0 aliphatic heterocycles. The quantitative estimate of drug-likeness (QED) is 0.649. The highest BCUT2D eigenvalue weighted by Crippen LogP contribution is 2.11. The average molecular weight is 215 g/mol. The molecule has 0 radical (unpaired) electrons. The fourth-order valence-electron chi connectivity index (χ4n) is 0.913. The summed E-state index contributed by atoms with van der Waals surface area (Å²) >= 11 is 5.52. The molecule has 2 rings (SSSR count). The van der Waals surface area contributed by atoms with Gasteiger partial charge in [0.15, 0.2) is 17.5 Å². The molecule has 72 valence electrons. The van der Waals surface area contributed by atoms with Crippen molar-refractivity contribution in [2.75, 3.05) is 0 Å². The lowest BCUT2D eigenvalue weighted by atomic mass is 10.5. The Balaban J connectivity index is 2.62. The molecule has 0 unspecified atom stereocenters. The van der Waals surface area contributed by atoms with E-state index >= 15 is 0 Å². The van der Waals surface area contributed by atoms with Crippen molar-refractivity contribution in [3.63, 3.8) is 0 Å². The van der Waals surface area contributed by atoms with E-state index in [0.29, 0.717) is 5.82 Å². The van der Waals surface area contributed by atoms with Gasteiger partial charge in [-0.15, -0.1) is 5.10 Å². The molecule has 2 aromatic heterocycles. The van der Waals surface area contributed by atoms with Crippen molar-refractivity contribution in [2.24, 2.45) is 0 Å². The number of rotatable bonds is 1. The fraction of sp³-hybridized carbons (Fsp3) is 0.167. The van der Waals surface area contributed by atoms with E-state index in [1.165, 1.54) is 0 Å². The number of hydrogen-bond donors (Lipinski definition) is 0. The minimum absolute atomic E-state index is 0.0590. The zero-order valence-corrected chi connectivity index (χ0v) is 7.77. The maximum atomic E-state index is 13.2. The Morgan fingerprint density at radius 1 is 1.50 bits per heavy atom. The molecule has 0 bridgehead atoms. The molecule has 0 amide bonds. The molecular weight excluding hydrogens is 211 g/mol. The number of hydrogen-bond acceptors (Lipinski definition) is 5. The summed E-state index contributed by atoms with van der Waals surface area (Å²) in [5, 5.41) is 10.5. The third-order valence-electron chi connectivity index (χ3n) is 1.52. The van der Waals surface area contributed by atoms with Crippen LogP contribution in [-0.4, -0.2) is 30.2 Å². The second-order valence-corrected chi connectivity index (χ2v) is 2.79. The molecule has 6 nitrogen and oxygen atoms in total. The minimum atomic E-state index is -0.634. The lowest BCUT2D eigenvalue weighted by Crippen LogP contribution is -2.06. The van der Waals surface area contributed by atoms with Crippen molar-refractivity contribution in [2.45, 2.75) is 6.92 Å². The van der Waals surface area contributed by atoms with E-state index < -0.39 is 5.82 Å². The Morgan fingerprint density at radius 2 is 2.29 bits per heavy atom. The highest BCUT2D eigenvalue weighted by Gasteiger charge is 2.11. The minimum Gasteiger partial charge on any atom is -0.223 e. The molecule has 0 saturated carbocycles. The van der Waals surface area contributed by atoms with Crippen LogP contribution >= 0.6 is 11.6 Å². The molecular formula is C6H4ClFN6. The Kier molecular flexibility index (Phi) is 2.08. The summed E-state index contributed by atoms with van der Waals surface area (Å²) in [6.07, 6.45) is 0.964. The number of nitrogens with zero attached hydrogens (tertiary/aromatic N) is 6. The summed E-state index contributed by atoms with van der Waals surface area (Å²) in [5.41, 5.74) is 0. The van der Waals surface area contributed by atoms with Crippen LogP contribution < -0.4 is 0 Å². The van der Waals surface area contributed by atoms with Crippen molar-refractivity contribution in [3.8, 4) is 5.82 Å². The van der Waals surface area contributed by atoms with Gasteiger partial charge in [-0.1, -0.05) is 0 Å². The summed E-state index contributed by atoms with van der Waals surface area (Å²) in [5.74, 6) is -0.282. The van der Waals surface area contributed by atoms with Crippen LogP contribution in [0.25, 0.3) is 5.82 Å². The molecule has 0 aromatic carbocycles. The second kappa shape index (κ2) is 3.26. The molecule has 0 atom stereocenters. The average Bonchev–Trinajstić information content (AvgIpc) is 2.56. The Hall–Kier alpha value is -1.63. The maximum absolute atomic E-state index is 13.2. The molecule has 0 saturated heterocycles. The van der Waals surface area contributed by atoms with Gasteiger partial charge in [0.2, 0.25) is 5.28 Å². The molecule has 0 spiro atoms. The van der Waals surface area contributed by atoms with Gasteiger partial charge in [-0.2, -0.15) is 9.67 Å². The monoisotopic (exact) mass is 214 g/mol. The number of tetrazole rings is 1. The first kappa shape index (κ1) is 8.95. The largest absolute Gasteiger partial charge is 0.224 e. The number of aryl methyl sites for hydroxylation is 1. The first-order valence-electron chi connectivity index (χ1n) is 3.62. The van der Waals surface area contributed by atoms with E-state index in [2.05, 4.69) is 25.5 Å². The highest BCUT2D eigenvalue weighted by molar-refractivity contribution is 6.28. The van der Waals surface area contributed by atoms with E-state index in [-0.39, 0.29) is 11.1 Å². The second-order valence-electron chi connectivity index (χ2n) is 2.45. The van der Waals surface area contributed by atoms with E-state index in [9.17, 15) is 4.39 Å². The van der Waals surface area contributed by atoms with Gasteiger partial charge in [-0.25, -0.2) is 9.37 Å². The van der Waals surface area contributed by atoms with Gasteiger partial charge < -0.3 is 0 Å². The van der Waals surface area contributed by atoms with Crippen molar-refractivity contribution >= 4 is 11.6 Å². The molecule has 0 aliphatic carbocycles. The van der Waals surface area contributed by atoms with Crippen LogP contribution in [0.3, 0.4) is 0 Å². The Labute approximate surface area is 82.7 Å². The number of aromatic nitrogens is 6. The lowest BCUT2D eigenvalue weighted by Gasteiger charge is -2.00. The van der Waals surface area contributed by atoms with E-state index in [1.807, 2.05) is 0 Å². The van der Waals surface area contributed by atoms with E-state index in [0.717, 1.165) is 10.9 Å². The van der Waals surface area contributed by atoms with E-state index in [4.69, 9.17) is 11.6 Å². The van der Waals surface area contributed by atoms with Crippen LogP contribution in [0.1, 0.15) is 5.82 Å². The smallest absolute Gasteiger partial charge is 0.223 e. The van der Waals surface area contributed by atoms with Gasteiger partial charge in [0.25, 0.3) is 0 Å². The van der Waals surface area contributed by atoms with Gasteiger partial charge in [-0.3, -0.25) is 0 Å². The van der Waals surface area contributed by atoms with Gasteiger partial charge in [0, 0.05) is 0 Å². The van der Waals surface area contributed by atoms with Gasteiger partial charge >= 0.3 is 0 Å². The summed E-state index contributed by atoms with van der Waals surface area (Å²) in [7, 11) is 0. The first-order chi connectivity index (χ1) is 6.68. The Morgan fingerprint density at radius 3 is 2.93 bits per heavy atom. The van der Waals surface area contributed by atoms with Gasteiger partial charge in [-0.05, 0) is 29.0 Å². The normalized spacial score (nSPS) is 10.5. The van der Waals surface area contributed by atoms with Crippen LogP contribution in [0.2, 0.25) is 5.28 Å². The van der Waals surface area contributed by atoms with E-state index in [1.54, 1.807) is 6.92 Å². The summed E-state index contributed by atoms with van der Waals surface area (Å²) in [4.78, 5) is 7.15. The molecule has 14 heavy (non-hydrogen) atoms. The van der Waals surface area contributed by atoms with Crippen LogP contribution in [0, 0.1) is 12.7 Å². The predicted octanol–water partition coefficient (Wildman–Crippen LogP) is 0.553. The molecule has 2 heterocycles. The van der Waals surface area contributed by atoms with Crippen molar-refractivity contribution in [1.82, 2.24) is 30.2 Å². The first-order valence-corrected chi connectivity index (χ1v) is 3.99. The zero-order chi connectivity index (χ0) is 10.1. The zero-order valence-electron chi connectivity index (χ0n) is 7.02. The van der Waals surface area contributed by atoms with Crippen LogP contribution in [0.15, 0.2) is 6.20 Å². The molecule has 0 fully saturated rings. The van der Waals surface area contributed by atoms with Crippen LogP contribution in [0.4, 0.5) is 4.39 Å². The fourth-order valence-corrected chi connectivity index (χ4v) is 1.04.